The molecule has 0 heterocycles. The van der Waals surface area contributed by atoms with E-state index >= 15 is 0 Å². The molecule has 0 bridgehead atoms. The maximum atomic E-state index is 11.8. The third kappa shape index (κ3) is 4.52. The Morgan fingerprint density at radius 3 is 1.82 bits per heavy atom. The summed E-state index contributed by atoms with van der Waals surface area (Å²) in [5, 5.41) is 0. The number of carbonyl (C=O) groups excluding carboxylic acids is 1. The topological polar surface area (TPSA) is 74.3 Å². The van der Waals surface area contributed by atoms with Gasteiger partial charge in [0.1, 0.15) is 10.1 Å². The van der Waals surface area contributed by atoms with Crippen molar-refractivity contribution < 1.29 is 47.3 Å². The van der Waals surface area contributed by atoms with E-state index in [9.17, 15) is 17.8 Å². The zero-order valence-electron chi connectivity index (χ0n) is 10.4. The van der Waals surface area contributed by atoms with Crippen LogP contribution in [0, 0.1) is 5.41 Å². The summed E-state index contributed by atoms with van der Waals surface area (Å²) >= 11 is 0. The second-order valence-corrected chi connectivity index (χ2v) is 5.94. The normalized spacial score (nSPS) is 11.8. The zero-order valence-corrected chi connectivity index (χ0v) is 13.2. The zero-order chi connectivity index (χ0) is 12.6. The fraction of sp³-hybridized carbons (Fsp3) is 0.364. The van der Waals surface area contributed by atoms with Gasteiger partial charge in [0.2, 0.25) is 0 Å². The summed E-state index contributed by atoms with van der Waals surface area (Å²) in [4.78, 5) is 11.5. The molecule has 0 atom stereocenters. The first kappa shape index (κ1) is 16.8. The van der Waals surface area contributed by atoms with Crippen LogP contribution in [0.2, 0.25) is 0 Å². The second kappa shape index (κ2) is 5.63. The van der Waals surface area contributed by atoms with Crippen LogP contribution in [0.4, 0.5) is 0 Å². The molecule has 1 aromatic carbocycles. The van der Waals surface area contributed by atoms with Gasteiger partial charge in [-0.15, -0.1) is 0 Å². The Labute approximate surface area is 123 Å². The van der Waals surface area contributed by atoms with Crippen LogP contribution in [-0.2, 0) is 10.1 Å². The summed E-state index contributed by atoms with van der Waals surface area (Å²) in [5.41, 5.74) is -0.127. The van der Waals surface area contributed by atoms with E-state index in [0.717, 1.165) is 12.1 Å². The van der Waals surface area contributed by atoms with E-state index in [1.54, 1.807) is 20.8 Å². The maximum Gasteiger partial charge on any atom is 1.00 e. The molecule has 1 rings (SSSR count). The second-order valence-electron chi connectivity index (χ2n) is 4.56. The molecule has 0 saturated carbocycles. The summed E-state index contributed by atoms with van der Waals surface area (Å²) in [6.07, 6.45) is 0. The molecule has 0 aliphatic rings. The van der Waals surface area contributed by atoms with Crippen molar-refractivity contribution in [3.8, 4) is 0 Å². The monoisotopic (exact) mass is 264 g/mol. The van der Waals surface area contributed by atoms with Crippen LogP contribution in [0.25, 0.3) is 0 Å². The number of hydrogen-bond donors (Lipinski definition) is 0. The molecule has 0 spiro atoms. The van der Waals surface area contributed by atoms with Crippen molar-refractivity contribution in [2.24, 2.45) is 5.41 Å². The largest absolute Gasteiger partial charge is 1.00 e. The van der Waals surface area contributed by atoms with Crippen molar-refractivity contribution in [2.45, 2.75) is 25.7 Å². The molecule has 0 radical (unpaired) electrons. The van der Waals surface area contributed by atoms with E-state index < -0.39 is 15.5 Å². The molecule has 0 N–H and O–H groups in total. The molecule has 0 unspecified atom stereocenters. The first-order chi connectivity index (χ1) is 7.12. The Balaban J connectivity index is 0.00000256. The predicted octanol–water partition coefficient (Wildman–Crippen LogP) is -1.18. The minimum atomic E-state index is -4.44. The average Bonchev–Trinajstić information content (AvgIpc) is 2.14. The molecule has 4 nitrogen and oxygen atoms in total. The molecular weight excluding hydrogens is 251 g/mol. The van der Waals surface area contributed by atoms with Gasteiger partial charge < -0.3 is 4.55 Å². The molecule has 0 fully saturated rings. The quantitative estimate of drug-likeness (QED) is 0.383. The summed E-state index contributed by atoms with van der Waals surface area (Å²) in [5.74, 6) is -0.0950. The van der Waals surface area contributed by atoms with Crippen LogP contribution in [0.15, 0.2) is 29.2 Å². The molecule has 0 aromatic heterocycles. The number of hydrogen-bond acceptors (Lipinski definition) is 4. The van der Waals surface area contributed by atoms with Gasteiger partial charge >= 0.3 is 29.6 Å². The van der Waals surface area contributed by atoms with Gasteiger partial charge in [-0.05, 0) is 12.1 Å². The minimum absolute atomic E-state index is 0. The van der Waals surface area contributed by atoms with Crippen LogP contribution >= 0.6 is 0 Å². The van der Waals surface area contributed by atoms with E-state index in [4.69, 9.17) is 0 Å². The van der Waals surface area contributed by atoms with Gasteiger partial charge in [0, 0.05) is 11.0 Å². The van der Waals surface area contributed by atoms with Gasteiger partial charge in [-0.25, -0.2) is 8.42 Å². The van der Waals surface area contributed by atoms with Crippen LogP contribution in [0.3, 0.4) is 0 Å². The molecule has 0 aliphatic heterocycles. The van der Waals surface area contributed by atoms with Gasteiger partial charge in [-0.3, -0.25) is 4.79 Å². The average molecular weight is 264 g/mol. The first-order valence-corrected chi connectivity index (χ1v) is 6.14. The molecule has 88 valence electrons. The molecular formula is C11H13NaO4S. The minimum Gasteiger partial charge on any atom is -0.744 e. The van der Waals surface area contributed by atoms with Gasteiger partial charge in [-0.1, -0.05) is 32.9 Å². The molecule has 0 saturated heterocycles. The number of rotatable bonds is 2. The first-order valence-electron chi connectivity index (χ1n) is 4.73. The standard InChI is InChI=1S/C11H14O4S.Na/c1-11(2,3)10(12)8-4-6-9(7-5-8)16(13,14)15;/h4-7H,1-3H3,(H,13,14,15);/q;+1/p-1. The summed E-state index contributed by atoms with van der Waals surface area (Å²) in [6, 6.07) is 5.03. The van der Waals surface area contributed by atoms with Crippen LogP contribution in [-0.4, -0.2) is 18.8 Å². The molecule has 6 heteroatoms. The van der Waals surface area contributed by atoms with Gasteiger partial charge in [0.05, 0.1) is 4.90 Å². The van der Waals surface area contributed by atoms with Crippen molar-refractivity contribution in [3.63, 3.8) is 0 Å². The van der Waals surface area contributed by atoms with Crippen LogP contribution in [0.5, 0.6) is 0 Å². The van der Waals surface area contributed by atoms with E-state index in [1.165, 1.54) is 12.1 Å². The van der Waals surface area contributed by atoms with Gasteiger partial charge in [-0.2, -0.15) is 0 Å². The number of carbonyl (C=O) groups is 1. The van der Waals surface area contributed by atoms with Crippen molar-refractivity contribution >= 4 is 15.9 Å². The van der Waals surface area contributed by atoms with Crippen LogP contribution in [0.1, 0.15) is 31.1 Å². The maximum absolute atomic E-state index is 11.8. The summed E-state index contributed by atoms with van der Waals surface area (Å²) in [7, 11) is -4.44. The van der Waals surface area contributed by atoms with Crippen molar-refractivity contribution in [3.05, 3.63) is 29.8 Å². The van der Waals surface area contributed by atoms with E-state index in [2.05, 4.69) is 0 Å². The smallest absolute Gasteiger partial charge is 0.744 e. The summed E-state index contributed by atoms with van der Waals surface area (Å²) < 4.78 is 32.0. The van der Waals surface area contributed by atoms with Crippen molar-refractivity contribution in [1.29, 1.82) is 0 Å². The Bertz CT molecular complexity index is 497. The number of Topliss-reactive ketones (excluding diaryl/α,β-unsaturated/α-hetero) is 1. The Morgan fingerprint density at radius 1 is 1.12 bits per heavy atom. The number of ketones is 1. The van der Waals surface area contributed by atoms with Crippen LogP contribution < -0.4 is 29.6 Å². The third-order valence-electron chi connectivity index (χ3n) is 2.09. The third-order valence-corrected chi connectivity index (χ3v) is 2.94. The summed E-state index contributed by atoms with van der Waals surface area (Å²) in [6.45, 7) is 5.31. The van der Waals surface area contributed by atoms with E-state index in [-0.39, 0.29) is 40.2 Å². The molecule has 1 aromatic rings. The fourth-order valence-corrected chi connectivity index (χ4v) is 1.68. The van der Waals surface area contributed by atoms with Crippen molar-refractivity contribution in [2.75, 3.05) is 0 Å². The van der Waals surface area contributed by atoms with Gasteiger partial charge in [0.25, 0.3) is 0 Å². The molecule has 0 aliphatic carbocycles. The fourth-order valence-electron chi connectivity index (χ4n) is 1.21. The molecule has 17 heavy (non-hydrogen) atoms. The Hall–Kier alpha value is -0.200. The van der Waals surface area contributed by atoms with E-state index in [1.807, 2.05) is 0 Å². The Morgan fingerprint density at radius 2 is 1.53 bits per heavy atom. The van der Waals surface area contributed by atoms with Gasteiger partial charge in [0.15, 0.2) is 5.78 Å². The number of benzene rings is 1. The Kier molecular flexibility index (Phi) is 5.56. The molecule has 0 amide bonds. The van der Waals surface area contributed by atoms with E-state index in [0.29, 0.717) is 5.56 Å². The predicted molar refractivity (Wildman–Crippen MR) is 58.2 cm³/mol. The van der Waals surface area contributed by atoms with Crippen molar-refractivity contribution in [1.82, 2.24) is 0 Å². The SMILES string of the molecule is CC(C)(C)C(=O)c1ccc(S(=O)(=O)[O-])cc1.[Na+].